The maximum absolute atomic E-state index is 13.1. The Morgan fingerprint density at radius 1 is 1.16 bits per heavy atom. The van der Waals surface area contributed by atoms with Gasteiger partial charge in [-0.2, -0.15) is 0 Å². The zero-order chi connectivity index (χ0) is 32.2. The number of nitrogens with zero attached hydrogens (tertiary/aromatic N) is 2. The Kier molecular flexibility index (Phi) is 10.1. The van der Waals surface area contributed by atoms with E-state index < -0.39 is 41.3 Å². The summed E-state index contributed by atoms with van der Waals surface area (Å²) < 4.78 is 11.3. The number of aliphatic carboxylic acids is 1. The highest BCUT2D eigenvalue weighted by molar-refractivity contribution is 5.95. The van der Waals surface area contributed by atoms with Crippen molar-refractivity contribution < 1.29 is 44.0 Å². The molecule has 0 aromatic heterocycles. The van der Waals surface area contributed by atoms with E-state index in [0.717, 1.165) is 12.1 Å². The number of carbonyl (C=O) groups excluding carboxylic acids is 3. The number of aryl methyl sites for hydroxylation is 1. The number of carbonyl (C=O) groups is 4. The molecule has 2 fully saturated rings. The van der Waals surface area contributed by atoms with Crippen LogP contribution < -0.4 is 15.4 Å². The average molecular weight is 617 g/mol. The number of carboxylic acid groups (broad SMARTS) is 1. The maximum Gasteiger partial charge on any atom is 0.414 e. The van der Waals surface area contributed by atoms with Gasteiger partial charge in [0, 0.05) is 56.5 Å². The summed E-state index contributed by atoms with van der Waals surface area (Å²) in [5.74, 6) is -1.28. The molecule has 13 nitrogen and oxygen atoms in total. The number of phenolic OH excluding ortho intramolecular Hbond substituents is 1. The van der Waals surface area contributed by atoms with E-state index in [2.05, 4.69) is 15.5 Å². The molecule has 0 spiro atoms. The molecule has 0 radical (unpaired) electrons. The van der Waals surface area contributed by atoms with Crippen molar-refractivity contribution in [1.29, 1.82) is 0 Å². The van der Waals surface area contributed by atoms with Gasteiger partial charge in [0.15, 0.2) is 11.5 Å². The van der Waals surface area contributed by atoms with E-state index in [4.69, 9.17) is 14.6 Å². The fourth-order valence-corrected chi connectivity index (χ4v) is 6.61. The number of methoxy groups -OCH3 is 1. The molecule has 5 N–H and O–H groups in total. The van der Waals surface area contributed by atoms with E-state index in [9.17, 15) is 29.4 Å². The average Bonchev–Trinajstić information content (AvgIpc) is 3.79. The number of nitrogens with one attached hydrogen (secondary N) is 2. The smallest absolute Gasteiger partial charge is 0.414 e. The first-order chi connectivity index (χ1) is 20.8. The van der Waals surface area contributed by atoms with Crippen LogP contribution in [0.1, 0.15) is 56.6 Å². The Morgan fingerprint density at radius 3 is 2.55 bits per heavy atom. The van der Waals surface area contributed by atoms with E-state index >= 15 is 0 Å². The third-order valence-electron chi connectivity index (χ3n) is 9.30. The molecule has 3 atom stereocenters. The number of amides is 3. The lowest BCUT2D eigenvalue weighted by atomic mass is 9.54. The number of hydrogen-bond acceptors (Lipinski definition) is 9. The van der Waals surface area contributed by atoms with Crippen LogP contribution in [0, 0.1) is 12.8 Å². The molecule has 1 heterocycles. The Balaban J connectivity index is 1.46. The van der Waals surface area contributed by atoms with Gasteiger partial charge in [0.05, 0.1) is 19.3 Å². The number of likely N-dealkylation sites (tertiary alicyclic amines) is 1. The number of fused-ring (bicyclic) bond motifs is 1. The SMILES string of the molecule is COc1ccc(C)c(C23CCN(CC4CC4)C(C)[C@]2(O)CC=C(OC(=O)N(C)CCNC(=O)CNC(=O)CC(=O)O)C3)c1O. The molecule has 3 amide bonds. The van der Waals surface area contributed by atoms with Crippen molar-refractivity contribution in [3.05, 3.63) is 35.1 Å². The Morgan fingerprint density at radius 2 is 1.89 bits per heavy atom. The second-order valence-corrected chi connectivity index (χ2v) is 12.2. The molecule has 2 unspecified atom stereocenters. The lowest BCUT2D eigenvalue weighted by Gasteiger charge is -2.59. The summed E-state index contributed by atoms with van der Waals surface area (Å²) in [4.78, 5) is 50.6. The van der Waals surface area contributed by atoms with Gasteiger partial charge >= 0.3 is 12.1 Å². The quantitative estimate of drug-likeness (QED) is 0.217. The number of benzene rings is 1. The number of allylic oxidation sites excluding steroid dienone is 1. The summed E-state index contributed by atoms with van der Waals surface area (Å²) in [6, 6.07) is 3.36. The maximum atomic E-state index is 13.1. The van der Waals surface area contributed by atoms with Gasteiger partial charge in [-0.05, 0) is 63.3 Å². The third-order valence-corrected chi connectivity index (χ3v) is 9.30. The molecular weight excluding hydrogens is 572 g/mol. The molecule has 13 heteroatoms. The topological polar surface area (TPSA) is 178 Å². The lowest BCUT2D eigenvalue weighted by Crippen LogP contribution is -2.69. The Labute approximate surface area is 257 Å². The fraction of sp³-hybridized carbons (Fsp3) is 0.613. The molecule has 0 bridgehead atoms. The fourth-order valence-electron chi connectivity index (χ4n) is 6.61. The van der Waals surface area contributed by atoms with Crippen LogP contribution in [-0.2, 0) is 24.5 Å². The number of aliphatic hydroxyl groups is 1. The van der Waals surface area contributed by atoms with Crippen molar-refractivity contribution in [2.24, 2.45) is 5.92 Å². The number of hydrogen-bond donors (Lipinski definition) is 5. The third kappa shape index (κ3) is 6.94. The van der Waals surface area contributed by atoms with Crippen molar-refractivity contribution in [3.8, 4) is 11.5 Å². The summed E-state index contributed by atoms with van der Waals surface area (Å²) in [6.07, 6.45) is 3.74. The largest absolute Gasteiger partial charge is 0.504 e. The predicted octanol–water partition coefficient (Wildman–Crippen LogP) is 1.64. The van der Waals surface area contributed by atoms with E-state index in [1.807, 2.05) is 19.9 Å². The second kappa shape index (κ2) is 13.4. The normalized spacial score (nSPS) is 24.8. The first-order valence-corrected chi connectivity index (χ1v) is 15.0. The standard InChI is InChI=1S/C31H44N4O9/c1-19-5-8-23(43-4)28(40)27(19)30-11-13-35(18-21-6-7-21)20(2)31(30,42)10-9-22(16-30)44-29(41)34(3)14-12-32-25(37)17-33-24(36)15-26(38)39/h5,8-9,20-21,40,42H,6-7,10-18H2,1-4H3,(H,32,37)(H,33,36)(H,38,39)/t20?,30?,31-/m1/s1. The van der Waals surface area contributed by atoms with Crippen molar-refractivity contribution >= 4 is 23.9 Å². The second-order valence-electron chi connectivity index (χ2n) is 12.2. The van der Waals surface area contributed by atoms with E-state index in [0.29, 0.717) is 36.0 Å². The molecule has 2 aliphatic carbocycles. The zero-order valence-corrected chi connectivity index (χ0v) is 25.9. The van der Waals surface area contributed by atoms with Crippen LogP contribution >= 0.6 is 0 Å². The van der Waals surface area contributed by atoms with E-state index in [1.165, 1.54) is 31.9 Å². The van der Waals surface area contributed by atoms with Crippen LogP contribution in [0.25, 0.3) is 0 Å². The van der Waals surface area contributed by atoms with Crippen LogP contribution in [0.2, 0.25) is 0 Å². The number of piperidine rings is 1. The van der Waals surface area contributed by atoms with Crippen LogP contribution in [0.5, 0.6) is 11.5 Å². The number of ether oxygens (including phenoxy) is 2. The summed E-state index contributed by atoms with van der Waals surface area (Å²) >= 11 is 0. The molecule has 1 aromatic carbocycles. The van der Waals surface area contributed by atoms with Crippen molar-refractivity contribution in [2.75, 3.05) is 46.9 Å². The summed E-state index contributed by atoms with van der Waals surface area (Å²) in [5, 5.41) is 37.3. The number of aromatic hydroxyl groups is 1. The zero-order valence-electron chi connectivity index (χ0n) is 25.9. The van der Waals surface area contributed by atoms with Crippen molar-refractivity contribution in [1.82, 2.24) is 20.4 Å². The summed E-state index contributed by atoms with van der Waals surface area (Å²) in [6.45, 7) is 5.37. The molecule has 1 aliphatic heterocycles. The van der Waals surface area contributed by atoms with Gasteiger partial charge in [-0.25, -0.2) is 4.79 Å². The summed E-state index contributed by atoms with van der Waals surface area (Å²) in [5.41, 5.74) is -0.785. The molecule has 242 valence electrons. The van der Waals surface area contributed by atoms with Gasteiger partial charge in [0.1, 0.15) is 12.2 Å². The number of likely N-dealkylation sites (N-methyl/N-ethyl adjacent to an activating group) is 1. The van der Waals surface area contributed by atoms with Crippen molar-refractivity contribution in [2.45, 2.75) is 69.4 Å². The minimum absolute atomic E-state index is 0.0200. The molecule has 44 heavy (non-hydrogen) atoms. The molecule has 1 saturated heterocycles. The highest BCUT2D eigenvalue weighted by atomic mass is 16.6. The van der Waals surface area contributed by atoms with Gasteiger partial charge in [-0.1, -0.05) is 6.07 Å². The Hall–Kier alpha value is -3.84. The van der Waals surface area contributed by atoms with Crippen LogP contribution in [-0.4, -0.2) is 108 Å². The van der Waals surface area contributed by atoms with Crippen LogP contribution in [0.3, 0.4) is 0 Å². The number of carboxylic acids is 1. The highest BCUT2D eigenvalue weighted by Gasteiger charge is 2.61. The minimum Gasteiger partial charge on any atom is -0.504 e. The van der Waals surface area contributed by atoms with Gasteiger partial charge in [0.25, 0.3) is 0 Å². The molecular formula is C31H44N4O9. The Bertz CT molecular complexity index is 1310. The molecule has 1 aromatic rings. The summed E-state index contributed by atoms with van der Waals surface area (Å²) in [7, 11) is 3.01. The van der Waals surface area contributed by atoms with E-state index in [-0.39, 0.29) is 44.3 Å². The number of phenols is 1. The predicted molar refractivity (Wildman–Crippen MR) is 159 cm³/mol. The van der Waals surface area contributed by atoms with Crippen LogP contribution in [0.4, 0.5) is 4.79 Å². The monoisotopic (exact) mass is 616 g/mol. The van der Waals surface area contributed by atoms with E-state index in [1.54, 1.807) is 12.1 Å². The van der Waals surface area contributed by atoms with Gasteiger partial charge in [-0.3, -0.25) is 19.3 Å². The number of rotatable bonds is 12. The lowest BCUT2D eigenvalue weighted by molar-refractivity contribution is -0.141. The highest BCUT2D eigenvalue weighted by Crippen LogP contribution is 2.58. The van der Waals surface area contributed by atoms with Crippen molar-refractivity contribution in [3.63, 3.8) is 0 Å². The molecule has 1 saturated carbocycles. The minimum atomic E-state index is -1.30. The van der Waals surface area contributed by atoms with Gasteiger partial charge in [-0.15, -0.1) is 0 Å². The molecule has 3 aliphatic rings. The van der Waals surface area contributed by atoms with Gasteiger partial charge < -0.3 is 40.3 Å². The first kappa shape index (κ1) is 33.1. The van der Waals surface area contributed by atoms with Gasteiger partial charge in [0.2, 0.25) is 11.8 Å². The first-order valence-electron chi connectivity index (χ1n) is 15.0. The van der Waals surface area contributed by atoms with Crippen LogP contribution in [0.15, 0.2) is 24.0 Å². The molecule has 4 rings (SSSR count).